The maximum Gasteiger partial charge on any atom is 0.170 e. The van der Waals surface area contributed by atoms with Gasteiger partial charge < -0.3 is 9.51 Å². The molecule has 0 aliphatic heterocycles. The third kappa shape index (κ3) is 1.55. The van der Waals surface area contributed by atoms with Crippen LogP contribution in [-0.4, -0.2) is 19.5 Å². The fourth-order valence-corrected chi connectivity index (χ4v) is 2.18. The third-order valence-corrected chi connectivity index (χ3v) is 3.15. The Morgan fingerprint density at radius 1 is 1.40 bits per heavy atom. The zero-order valence-corrected chi connectivity index (χ0v) is 9.61. The number of fused-ring (bicyclic) bond motifs is 1. The number of imidazole rings is 1. The van der Waals surface area contributed by atoms with Crippen molar-refractivity contribution in [3.63, 3.8) is 0 Å². The highest BCUT2D eigenvalue weighted by atomic mass is 79.9. The first-order valence-electron chi connectivity index (χ1n) is 4.93. The molecule has 2 aromatic heterocycles. The minimum atomic E-state index is -0.0348. The molecule has 2 heterocycles. The molecule has 0 bridgehead atoms. The smallest absolute Gasteiger partial charge is 0.170 e. The maximum absolute atomic E-state index is 9.01. The molecule has 0 atom stereocenters. The van der Waals surface area contributed by atoms with Crippen molar-refractivity contribution in [3.05, 3.63) is 28.4 Å². The van der Waals surface area contributed by atoms with Crippen LogP contribution in [0.1, 0.15) is 30.1 Å². The Labute approximate surface area is 95.1 Å². The van der Waals surface area contributed by atoms with E-state index in [1.807, 2.05) is 16.8 Å². The summed E-state index contributed by atoms with van der Waals surface area (Å²) < 4.78 is 2.68. The Hall–Kier alpha value is -0.940. The van der Waals surface area contributed by atoms with E-state index in [4.69, 9.17) is 5.11 Å². The normalized spacial score (nSPS) is 16.1. The largest absolute Gasteiger partial charge is 0.390 e. The van der Waals surface area contributed by atoms with E-state index in [0.717, 1.165) is 15.9 Å². The predicted octanol–water partition coefficient (Wildman–Crippen LogP) is 1.86. The van der Waals surface area contributed by atoms with Gasteiger partial charge in [-0.15, -0.1) is 0 Å². The average molecular weight is 268 g/mol. The van der Waals surface area contributed by atoms with Crippen LogP contribution < -0.4 is 0 Å². The minimum absolute atomic E-state index is 0.0348. The quantitative estimate of drug-likeness (QED) is 0.904. The lowest BCUT2D eigenvalue weighted by molar-refractivity contribution is 0.277. The molecule has 1 fully saturated rings. The number of aromatic nitrogens is 3. The number of rotatable bonds is 2. The van der Waals surface area contributed by atoms with Crippen LogP contribution >= 0.6 is 15.9 Å². The first kappa shape index (κ1) is 9.30. The van der Waals surface area contributed by atoms with Crippen LogP contribution in [0.15, 0.2) is 17.0 Å². The molecule has 1 N–H and O–H groups in total. The highest BCUT2D eigenvalue weighted by Crippen LogP contribution is 2.39. The number of aliphatic hydroxyl groups excluding tert-OH is 1. The number of hydrogen-bond donors (Lipinski definition) is 1. The van der Waals surface area contributed by atoms with Crippen molar-refractivity contribution in [2.75, 3.05) is 0 Å². The van der Waals surface area contributed by atoms with Crippen LogP contribution in [-0.2, 0) is 6.61 Å². The van der Waals surface area contributed by atoms with Crippen molar-refractivity contribution in [1.82, 2.24) is 14.4 Å². The summed E-state index contributed by atoms with van der Waals surface area (Å²) in [5.41, 5.74) is 2.55. The lowest BCUT2D eigenvalue weighted by Crippen LogP contribution is -1.94. The van der Waals surface area contributed by atoms with Gasteiger partial charge in [0.05, 0.1) is 18.0 Å². The summed E-state index contributed by atoms with van der Waals surface area (Å²) in [6.45, 7) is -0.0348. The van der Waals surface area contributed by atoms with Gasteiger partial charge in [0.15, 0.2) is 5.65 Å². The lowest BCUT2D eigenvalue weighted by atomic mass is 10.3. The molecule has 5 heteroatoms. The van der Waals surface area contributed by atoms with Crippen molar-refractivity contribution in [3.8, 4) is 0 Å². The van der Waals surface area contributed by atoms with Gasteiger partial charge >= 0.3 is 0 Å². The van der Waals surface area contributed by atoms with Crippen molar-refractivity contribution >= 4 is 21.6 Å². The number of aliphatic hydroxyl groups is 1. The highest BCUT2D eigenvalue weighted by Gasteiger charge is 2.26. The fourth-order valence-electron chi connectivity index (χ4n) is 1.68. The third-order valence-electron chi connectivity index (χ3n) is 2.62. The Kier molecular flexibility index (Phi) is 2.03. The molecule has 3 rings (SSSR count). The van der Waals surface area contributed by atoms with Gasteiger partial charge in [0.1, 0.15) is 4.60 Å². The number of nitrogens with zero attached hydrogens (tertiary/aromatic N) is 3. The second-order valence-corrected chi connectivity index (χ2v) is 4.60. The van der Waals surface area contributed by atoms with E-state index < -0.39 is 0 Å². The highest BCUT2D eigenvalue weighted by molar-refractivity contribution is 9.10. The summed E-state index contributed by atoms with van der Waals surface area (Å²) in [6.07, 6.45) is 6.30. The van der Waals surface area contributed by atoms with Gasteiger partial charge in [-0.25, -0.2) is 9.97 Å². The summed E-state index contributed by atoms with van der Waals surface area (Å²) in [4.78, 5) is 8.72. The second kappa shape index (κ2) is 3.28. The molecule has 4 nitrogen and oxygen atoms in total. The lowest BCUT2D eigenvalue weighted by Gasteiger charge is -2.00. The van der Waals surface area contributed by atoms with E-state index in [1.54, 1.807) is 0 Å². The van der Waals surface area contributed by atoms with Gasteiger partial charge in [-0.3, -0.25) is 0 Å². The summed E-state index contributed by atoms with van der Waals surface area (Å²) in [7, 11) is 0. The van der Waals surface area contributed by atoms with Crippen LogP contribution in [0.4, 0.5) is 0 Å². The van der Waals surface area contributed by atoms with Gasteiger partial charge in [-0.05, 0) is 28.8 Å². The molecular weight excluding hydrogens is 258 g/mol. The van der Waals surface area contributed by atoms with Crippen LogP contribution in [0.25, 0.3) is 5.65 Å². The summed E-state index contributed by atoms with van der Waals surface area (Å²) in [5.74, 6) is 0.616. The topological polar surface area (TPSA) is 50.4 Å². The Bertz CT molecular complexity index is 519. The van der Waals surface area contributed by atoms with Gasteiger partial charge in [0.2, 0.25) is 0 Å². The van der Waals surface area contributed by atoms with Crippen molar-refractivity contribution < 1.29 is 5.11 Å². The number of halogens is 1. The monoisotopic (exact) mass is 267 g/mol. The summed E-state index contributed by atoms with van der Waals surface area (Å²) in [5, 5.41) is 9.01. The van der Waals surface area contributed by atoms with E-state index >= 15 is 0 Å². The molecule has 0 unspecified atom stereocenters. The van der Waals surface area contributed by atoms with Crippen molar-refractivity contribution in [1.29, 1.82) is 0 Å². The van der Waals surface area contributed by atoms with Crippen LogP contribution in [0.3, 0.4) is 0 Å². The Morgan fingerprint density at radius 3 is 2.87 bits per heavy atom. The first-order chi connectivity index (χ1) is 7.28. The van der Waals surface area contributed by atoms with Crippen LogP contribution in [0.2, 0.25) is 0 Å². The molecule has 1 aliphatic carbocycles. The Balaban J connectivity index is 2.20. The maximum atomic E-state index is 9.01. The van der Waals surface area contributed by atoms with Gasteiger partial charge in [-0.2, -0.15) is 0 Å². The molecule has 1 saturated carbocycles. The molecular formula is C10H10BrN3O. The van der Waals surface area contributed by atoms with E-state index in [-0.39, 0.29) is 6.61 Å². The standard InChI is InChI=1S/C10H10BrN3O/c11-9-10-12-7(5-15)3-14(10)4-8(13-9)6-1-2-6/h3-4,6,15H,1-2,5H2. The fraction of sp³-hybridized carbons (Fsp3) is 0.400. The van der Waals surface area contributed by atoms with Crippen LogP contribution in [0.5, 0.6) is 0 Å². The van der Waals surface area contributed by atoms with E-state index in [9.17, 15) is 0 Å². The van der Waals surface area contributed by atoms with Crippen molar-refractivity contribution in [2.24, 2.45) is 0 Å². The first-order valence-corrected chi connectivity index (χ1v) is 5.72. The molecule has 1 aliphatic rings. The van der Waals surface area contributed by atoms with Gasteiger partial charge in [0.25, 0.3) is 0 Å². The SMILES string of the molecule is OCc1cn2cc(C3CC3)nc(Br)c2n1. The van der Waals surface area contributed by atoms with Gasteiger partial charge in [-0.1, -0.05) is 0 Å². The molecule has 15 heavy (non-hydrogen) atoms. The molecule has 78 valence electrons. The minimum Gasteiger partial charge on any atom is -0.390 e. The zero-order valence-electron chi connectivity index (χ0n) is 8.02. The van der Waals surface area contributed by atoms with E-state index in [1.165, 1.54) is 12.8 Å². The van der Waals surface area contributed by atoms with E-state index in [0.29, 0.717) is 11.6 Å². The summed E-state index contributed by atoms with van der Waals surface area (Å²) >= 11 is 3.41. The molecule has 0 radical (unpaired) electrons. The number of hydrogen-bond acceptors (Lipinski definition) is 3. The molecule has 0 spiro atoms. The van der Waals surface area contributed by atoms with Crippen LogP contribution in [0, 0.1) is 0 Å². The molecule has 0 amide bonds. The Morgan fingerprint density at radius 2 is 2.20 bits per heavy atom. The van der Waals surface area contributed by atoms with Gasteiger partial charge in [0, 0.05) is 18.3 Å². The zero-order chi connectivity index (χ0) is 10.4. The second-order valence-electron chi connectivity index (χ2n) is 3.85. The summed E-state index contributed by atoms with van der Waals surface area (Å²) in [6, 6.07) is 0. The molecule has 2 aromatic rings. The predicted molar refractivity (Wildman–Crippen MR) is 58.6 cm³/mol. The average Bonchev–Trinajstić information content (AvgIpc) is 2.98. The molecule has 0 saturated heterocycles. The van der Waals surface area contributed by atoms with E-state index in [2.05, 4.69) is 25.9 Å². The van der Waals surface area contributed by atoms with Crippen molar-refractivity contribution in [2.45, 2.75) is 25.4 Å². The molecule has 0 aromatic carbocycles.